The average Bonchev–Trinajstić information content (AvgIpc) is 3.05. The molecule has 3 rings (SSSR count). The summed E-state index contributed by atoms with van der Waals surface area (Å²) in [7, 11) is 0. The van der Waals surface area contributed by atoms with Crippen molar-refractivity contribution in [3.8, 4) is 0 Å². The SMILES string of the molecule is Cc1cnc(Nc2cccc(C3CCN(C(=O)[C@@H](N)CC(C)C)CC3)n2)s1. The number of thiazole rings is 1. The number of carbonyl (C=O) groups is 1. The van der Waals surface area contributed by atoms with Gasteiger partial charge in [0.1, 0.15) is 5.82 Å². The van der Waals surface area contributed by atoms with Crippen molar-refractivity contribution in [1.29, 1.82) is 0 Å². The molecule has 1 atom stereocenters. The summed E-state index contributed by atoms with van der Waals surface area (Å²) in [5.74, 6) is 1.71. The molecular formula is C20H29N5OS. The average molecular weight is 388 g/mol. The van der Waals surface area contributed by atoms with Crippen molar-refractivity contribution < 1.29 is 4.79 Å². The molecule has 3 N–H and O–H groups in total. The molecule has 146 valence electrons. The second kappa shape index (κ2) is 8.80. The summed E-state index contributed by atoms with van der Waals surface area (Å²) in [5.41, 5.74) is 7.15. The maximum absolute atomic E-state index is 12.5. The number of nitrogens with zero attached hydrogens (tertiary/aromatic N) is 3. The Hall–Kier alpha value is -1.99. The van der Waals surface area contributed by atoms with Crippen LogP contribution in [0.25, 0.3) is 0 Å². The van der Waals surface area contributed by atoms with Crippen LogP contribution in [0.5, 0.6) is 0 Å². The Kier molecular flexibility index (Phi) is 6.44. The van der Waals surface area contributed by atoms with Gasteiger partial charge < -0.3 is 16.0 Å². The summed E-state index contributed by atoms with van der Waals surface area (Å²) >= 11 is 1.62. The van der Waals surface area contributed by atoms with Crippen LogP contribution in [0.4, 0.5) is 10.9 Å². The van der Waals surface area contributed by atoms with E-state index in [0.29, 0.717) is 11.8 Å². The lowest BCUT2D eigenvalue weighted by Gasteiger charge is -2.33. The number of amides is 1. The molecule has 27 heavy (non-hydrogen) atoms. The van der Waals surface area contributed by atoms with Crippen molar-refractivity contribution in [2.75, 3.05) is 18.4 Å². The fourth-order valence-corrected chi connectivity index (χ4v) is 4.18. The molecule has 1 fully saturated rings. The third-order valence-corrected chi connectivity index (χ3v) is 5.72. The number of likely N-dealkylation sites (tertiary alicyclic amines) is 1. The number of carbonyl (C=O) groups excluding carboxylic acids is 1. The summed E-state index contributed by atoms with van der Waals surface area (Å²) < 4.78 is 0. The Bertz CT molecular complexity index is 767. The first-order chi connectivity index (χ1) is 12.9. The van der Waals surface area contributed by atoms with Crippen LogP contribution in [0.2, 0.25) is 0 Å². The van der Waals surface area contributed by atoms with E-state index < -0.39 is 0 Å². The lowest BCUT2D eigenvalue weighted by atomic mass is 9.92. The molecule has 2 aromatic rings. The molecule has 0 radical (unpaired) electrons. The topological polar surface area (TPSA) is 84.1 Å². The smallest absolute Gasteiger partial charge is 0.239 e. The standard InChI is InChI=1S/C20H29N5OS/c1-13(2)11-16(21)19(26)25-9-7-15(8-10-25)17-5-4-6-18(23-17)24-20-22-12-14(3)27-20/h4-6,12-13,15-16H,7-11,21H2,1-3H3,(H,22,23,24)/t16-/m0/s1. The molecule has 7 heteroatoms. The van der Waals surface area contributed by atoms with Crippen LogP contribution in [0.15, 0.2) is 24.4 Å². The fraction of sp³-hybridized carbons (Fsp3) is 0.550. The lowest BCUT2D eigenvalue weighted by Crippen LogP contribution is -2.47. The van der Waals surface area contributed by atoms with Crippen molar-refractivity contribution in [3.05, 3.63) is 35.0 Å². The zero-order valence-corrected chi connectivity index (χ0v) is 17.1. The van der Waals surface area contributed by atoms with E-state index in [1.165, 1.54) is 4.88 Å². The van der Waals surface area contributed by atoms with E-state index in [-0.39, 0.29) is 11.9 Å². The van der Waals surface area contributed by atoms with Crippen LogP contribution in [0.3, 0.4) is 0 Å². The highest BCUT2D eigenvalue weighted by Gasteiger charge is 2.27. The van der Waals surface area contributed by atoms with E-state index in [0.717, 1.165) is 49.0 Å². The Morgan fingerprint density at radius 2 is 2.11 bits per heavy atom. The zero-order chi connectivity index (χ0) is 19.4. The summed E-state index contributed by atoms with van der Waals surface area (Å²) in [6, 6.07) is 5.68. The molecule has 1 aliphatic heterocycles. The first-order valence-electron chi connectivity index (χ1n) is 9.63. The lowest BCUT2D eigenvalue weighted by molar-refractivity contribution is -0.134. The number of nitrogens with two attached hydrogens (primary N) is 1. The molecule has 0 spiro atoms. The summed E-state index contributed by atoms with van der Waals surface area (Å²) in [5, 5.41) is 4.14. The van der Waals surface area contributed by atoms with Crippen LogP contribution in [0.1, 0.15) is 49.6 Å². The monoisotopic (exact) mass is 387 g/mol. The van der Waals surface area contributed by atoms with Crippen LogP contribution in [-0.4, -0.2) is 39.9 Å². The van der Waals surface area contributed by atoms with Crippen LogP contribution in [-0.2, 0) is 4.79 Å². The summed E-state index contributed by atoms with van der Waals surface area (Å²) in [6.45, 7) is 7.73. The Morgan fingerprint density at radius 1 is 1.37 bits per heavy atom. The minimum atomic E-state index is -0.381. The maximum atomic E-state index is 12.5. The van der Waals surface area contributed by atoms with Crippen molar-refractivity contribution in [1.82, 2.24) is 14.9 Å². The predicted octanol–water partition coefficient (Wildman–Crippen LogP) is 3.67. The van der Waals surface area contributed by atoms with Gasteiger partial charge in [0.25, 0.3) is 0 Å². The molecule has 2 aromatic heterocycles. The minimum Gasteiger partial charge on any atom is -0.341 e. The van der Waals surface area contributed by atoms with E-state index in [9.17, 15) is 4.79 Å². The Labute approximate surface area is 165 Å². The highest BCUT2D eigenvalue weighted by molar-refractivity contribution is 7.15. The van der Waals surface area contributed by atoms with E-state index in [2.05, 4.69) is 30.2 Å². The zero-order valence-electron chi connectivity index (χ0n) is 16.3. The van der Waals surface area contributed by atoms with Crippen LogP contribution < -0.4 is 11.1 Å². The summed E-state index contributed by atoms with van der Waals surface area (Å²) in [4.78, 5) is 24.7. The van der Waals surface area contributed by atoms with Gasteiger partial charge in [0.05, 0.1) is 6.04 Å². The first kappa shape index (κ1) is 19.8. The highest BCUT2D eigenvalue weighted by Crippen LogP contribution is 2.29. The summed E-state index contributed by atoms with van der Waals surface area (Å²) in [6.07, 6.45) is 4.44. The van der Waals surface area contributed by atoms with Gasteiger partial charge in [-0.05, 0) is 44.2 Å². The van der Waals surface area contributed by atoms with Crippen molar-refractivity contribution in [2.45, 2.75) is 52.0 Å². The number of aromatic nitrogens is 2. The van der Waals surface area contributed by atoms with Gasteiger partial charge in [0.2, 0.25) is 5.91 Å². The Balaban J connectivity index is 1.58. The molecule has 0 aliphatic carbocycles. The van der Waals surface area contributed by atoms with Crippen molar-refractivity contribution in [3.63, 3.8) is 0 Å². The molecule has 3 heterocycles. The molecule has 0 aromatic carbocycles. The van der Waals surface area contributed by atoms with Gasteiger partial charge in [0, 0.05) is 35.8 Å². The second-order valence-corrected chi connectivity index (χ2v) is 8.92. The number of nitrogens with one attached hydrogen (secondary N) is 1. The number of rotatable bonds is 6. The van der Waals surface area contributed by atoms with Crippen molar-refractivity contribution in [2.24, 2.45) is 11.7 Å². The van der Waals surface area contributed by atoms with Gasteiger partial charge in [-0.2, -0.15) is 0 Å². The van der Waals surface area contributed by atoms with Gasteiger partial charge in [-0.3, -0.25) is 4.79 Å². The molecule has 6 nitrogen and oxygen atoms in total. The van der Waals surface area contributed by atoms with E-state index in [4.69, 9.17) is 10.7 Å². The number of hydrogen-bond acceptors (Lipinski definition) is 6. The van der Waals surface area contributed by atoms with Gasteiger partial charge in [0.15, 0.2) is 5.13 Å². The molecular weight excluding hydrogens is 358 g/mol. The maximum Gasteiger partial charge on any atom is 0.239 e. The van der Waals surface area contributed by atoms with Gasteiger partial charge in [-0.1, -0.05) is 19.9 Å². The predicted molar refractivity (Wildman–Crippen MR) is 110 cm³/mol. The van der Waals surface area contributed by atoms with E-state index in [1.54, 1.807) is 11.3 Å². The molecule has 1 amide bonds. The number of piperidine rings is 1. The van der Waals surface area contributed by atoms with Gasteiger partial charge >= 0.3 is 0 Å². The minimum absolute atomic E-state index is 0.0877. The number of aryl methyl sites for hydroxylation is 1. The van der Waals surface area contributed by atoms with Crippen molar-refractivity contribution >= 4 is 28.2 Å². The largest absolute Gasteiger partial charge is 0.341 e. The van der Waals surface area contributed by atoms with Crippen LogP contribution >= 0.6 is 11.3 Å². The number of anilines is 2. The Morgan fingerprint density at radius 3 is 2.74 bits per heavy atom. The normalized spacial score (nSPS) is 16.6. The van der Waals surface area contributed by atoms with Crippen LogP contribution in [0, 0.1) is 12.8 Å². The molecule has 0 bridgehead atoms. The quantitative estimate of drug-likeness (QED) is 0.790. The van der Waals surface area contributed by atoms with E-state index in [1.807, 2.05) is 30.2 Å². The molecule has 0 saturated carbocycles. The van der Waals surface area contributed by atoms with Gasteiger partial charge in [-0.15, -0.1) is 11.3 Å². The highest BCUT2D eigenvalue weighted by atomic mass is 32.1. The number of hydrogen-bond donors (Lipinski definition) is 2. The van der Waals surface area contributed by atoms with Gasteiger partial charge in [-0.25, -0.2) is 9.97 Å². The molecule has 1 aliphatic rings. The molecule has 1 saturated heterocycles. The third kappa shape index (κ3) is 5.26. The first-order valence-corrected chi connectivity index (χ1v) is 10.4. The van der Waals surface area contributed by atoms with E-state index >= 15 is 0 Å². The molecule has 0 unspecified atom stereocenters. The fourth-order valence-electron chi connectivity index (χ4n) is 3.51. The number of pyridine rings is 1. The second-order valence-electron chi connectivity index (χ2n) is 7.68. The third-order valence-electron chi connectivity index (χ3n) is 4.89.